The molecule has 0 saturated carbocycles. The van der Waals surface area contributed by atoms with E-state index in [0.717, 1.165) is 17.6 Å². The first-order valence-corrected chi connectivity index (χ1v) is 4.73. The summed E-state index contributed by atoms with van der Waals surface area (Å²) >= 11 is 0. The molecule has 0 nitrogen and oxygen atoms in total. The summed E-state index contributed by atoms with van der Waals surface area (Å²) in [6.45, 7) is 9.58. The molecule has 0 aliphatic rings. The maximum atomic E-state index is 13.2. The molecular weight excluding hydrogens is 163 g/mol. The van der Waals surface area contributed by atoms with Gasteiger partial charge in [0.2, 0.25) is 0 Å². The highest BCUT2D eigenvalue weighted by Gasteiger charge is 2.04. The molecule has 0 bridgehead atoms. The van der Waals surface area contributed by atoms with E-state index in [1.54, 1.807) is 6.92 Å². The fourth-order valence-electron chi connectivity index (χ4n) is 1.32. The lowest BCUT2D eigenvalue weighted by Gasteiger charge is -2.08. The van der Waals surface area contributed by atoms with Gasteiger partial charge >= 0.3 is 0 Å². The van der Waals surface area contributed by atoms with Crippen LogP contribution in [0.2, 0.25) is 0 Å². The topological polar surface area (TPSA) is 0 Å². The lowest BCUT2D eigenvalue weighted by Crippen LogP contribution is -1.89. The third-order valence-corrected chi connectivity index (χ3v) is 2.39. The van der Waals surface area contributed by atoms with E-state index in [0.29, 0.717) is 0 Å². The highest BCUT2D eigenvalue weighted by molar-refractivity contribution is 5.39. The maximum absolute atomic E-state index is 13.2. The zero-order chi connectivity index (χ0) is 10.4. The summed E-state index contributed by atoms with van der Waals surface area (Å²) in [4.78, 5) is 0. The predicted molar refractivity (Wildman–Crippen MR) is 57.3 cm³/mol. The van der Waals surface area contributed by atoms with Crippen LogP contribution in [0.25, 0.3) is 0 Å². The van der Waals surface area contributed by atoms with Gasteiger partial charge in [-0.1, -0.05) is 19.1 Å². The lowest BCUT2D eigenvalue weighted by atomic mass is 9.99. The summed E-state index contributed by atoms with van der Waals surface area (Å²) in [5.41, 5.74) is 3.02. The first-order valence-electron chi connectivity index (χ1n) is 4.73. The molecule has 0 spiro atoms. The summed E-state index contributed by atoms with van der Waals surface area (Å²) in [5, 5.41) is 0. The largest absolute Gasteiger partial charge is 0.207 e. The Balaban J connectivity index is 5.02. The second-order valence-electron chi connectivity index (χ2n) is 3.05. The molecule has 0 fully saturated rings. The first-order chi connectivity index (χ1) is 6.08. The Kier molecular flexibility index (Phi) is 5.36. The van der Waals surface area contributed by atoms with E-state index in [1.807, 2.05) is 26.8 Å². The molecule has 0 N–H and O–H groups in total. The van der Waals surface area contributed by atoms with Crippen molar-refractivity contribution >= 4 is 0 Å². The minimum absolute atomic E-state index is 0.120. The van der Waals surface area contributed by atoms with Crippen molar-refractivity contribution in [1.82, 2.24) is 0 Å². The molecule has 0 aromatic heterocycles. The molecule has 0 rings (SSSR count). The highest BCUT2D eigenvalue weighted by Crippen LogP contribution is 2.22. The standard InChI is InChI=1S/C12H19F/c1-6-11(7-2)9(4)10(5)12(13)8-3/h6,8H,7H2,1-5H3/b10-9-,11-6-,12-8+. The van der Waals surface area contributed by atoms with Crippen molar-refractivity contribution in [2.45, 2.75) is 41.0 Å². The van der Waals surface area contributed by atoms with Gasteiger partial charge in [0.1, 0.15) is 5.83 Å². The molecule has 0 aliphatic carbocycles. The van der Waals surface area contributed by atoms with Gasteiger partial charge in [0.25, 0.3) is 0 Å². The van der Waals surface area contributed by atoms with E-state index in [1.165, 1.54) is 11.6 Å². The van der Waals surface area contributed by atoms with Crippen LogP contribution in [-0.4, -0.2) is 0 Å². The minimum atomic E-state index is -0.120. The molecule has 0 heterocycles. The molecule has 0 aliphatic heterocycles. The maximum Gasteiger partial charge on any atom is 0.122 e. The fraction of sp³-hybridized carbons (Fsp3) is 0.500. The number of hydrogen-bond donors (Lipinski definition) is 0. The highest BCUT2D eigenvalue weighted by atomic mass is 19.1. The Bertz CT molecular complexity index is 254. The fourth-order valence-corrected chi connectivity index (χ4v) is 1.32. The molecule has 74 valence electrons. The van der Waals surface area contributed by atoms with Gasteiger partial charge in [0, 0.05) is 0 Å². The zero-order valence-corrected chi connectivity index (χ0v) is 9.24. The second kappa shape index (κ2) is 5.74. The SMILES string of the molecule is C\C=C(CC)/C(C)=C(C)\C(F)=C/C. The lowest BCUT2D eigenvalue weighted by molar-refractivity contribution is 0.646. The third-order valence-electron chi connectivity index (χ3n) is 2.39. The number of rotatable bonds is 3. The van der Waals surface area contributed by atoms with Crippen LogP contribution in [0.4, 0.5) is 4.39 Å². The molecule has 0 unspecified atom stereocenters. The van der Waals surface area contributed by atoms with Gasteiger partial charge in [-0.05, 0) is 50.8 Å². The van der Waals surface area contributed by atoms with Gasteiger partial charge in [-0.3, -0.25) is 0 Å². The molecule has 0 radical (unpaired) electrons. The normalized spacial score (nSPS) is 15.8. The Labute approximate surface area is 80.9 Å². The van der Waals surface area contributed by atoms with E-state index in [2.05, 4.69) is 6.92 Å². The summed E-state index contributed by atoms with van der Waals surface area (Å²) in [7, 11) is 0. The van der Waals surface area contributed by atoms with E-state index >= 15 is 0 Å². The van der Waals surface area contributed by atoms with Crippen molar-refractivity contribution < 1.29 is 4.39 Å². The van der Waals surface area contributed by atoms with E-state index in [4.69, 9.17) is 0 Å². The van der Waals surface area contributed by atoms with Crippen molar-refractivity contribution in [1.29, 1.82) is 0 Å². The van der Waals surface area contributed by atoms with Crippen molar-refractivity contribution in [2.24, 2.45) is 0 Å². The van der Waals surface area contributed by atoms with Crippen LogP contribution in [-0.2, 0) is 0 Å². The van der Waals surface area contributed by atoms with Crippen molar-refractivity contribution in [2.75, 3.05) is 0 Å². The van der Waals surface area contributed by atoms with Crippen LogP contribution in [0, 0.1) is 0 Å². The van der Waals surface area contributed by atoms with Crippen LogP contribution in [0.5, 0.6) is 0 Å². The van der Waals surface area contributed by atoms with E-state index in [-0.39, 0.29) is 5.83 Å². The summed E-state index contributed by atoms with van der Waals surface area (Å²) in [5.74, 6) is -0.120. The molecule has 13 heavy (non-hydrogen) atoms. The van der Waals surface area contributed by atoms with Crippen molar-refractivity contribution in [3.63, 3.8) is 0 Å². The van der Waals surface area contributed by atoms with Gasteiger partial charge < -0.3 is 0 Å². The molecule has 0 atom stereocenters. The smallest absolute Gasteiger partial charge is 0.122 e. The van der Waals surface area contributed by atoms with Crippen LogP contribution in [0.3, 0.4) is 0 Å². The van der Waals surface area contributed by atoms with Gasteiger partial charge in [0.15, 0.2) is 0 Å². The van der Waals surface area contributed by atoms with Crippen molar-refractivity contribution in [3.05, 3.63) is 34.7 Å². The summed E-state index contributed by atoms with van der Waals surface area (Å²) in [6, 6.07) is 0. The van der Waals surface area contributed by atoms with Crippen LogP contribution in [0.1, 0.15) is 41.0 Å². The number of hydrogen-bond acceptors (Lipinski definition) is 0. The average molecular weight is 182 g/mol. The Hall–Kier alpha value is -0.850. The predicted octanol–water partition coefficient (Wildman–Crippen LogP) is 4.55. The second-order valence-corrected chi connectivity index (χ2v) is 3.05. The average Bonchev–Trinajstić information content (AvgIpc) is 2.17. The van der Waals surface area contributed by atoms with Gasteiger partial charge in [-0.15, -0.1) is 0 Å². The molecular formula is C12H19F. The first kappa shape index (κ1) is 12.2. The summed E-state index contributed by atoms with van der Waals surface area (Å²) < 4.78 is 13.2. The number of halogens is 1. The van der Waals surface area contributed by atoms with Gasteiger partial charge in [0.05, 0.1) is 0 Å². The quantitative estimate of drug-likeness (QED) is 0.561. The van der Waals surface area contributed by atoms with Gasteiger partial charge in [-0.2, -0.15) is 0 Å². The molecule has 0 aromatic carbocycles. The Morgan fingerprint density at radius 1 is 1.08 bits per heavy atom. The summed E-state index contributed by atoms with van der Waals surface area (Å²) in [6.07, 6.45) is 4.50. The molecule has 1 heteroatoms. The van der Waals surface area contributed by atoms with E-state index < -0.39 is 0 Å². The monoisotopic (exact) mass is 182 g/mol. The van der Waals surface area contributed by atoms with Crippen LogP contribution < -0.4 is 0 Å². The van der Waals surface area contributed by atoms with Gasteiger partial charge in [-0.25, -0.2) is 4.39 Å². The molecule has 0 aromatic rings. The molecule has 0 saturated heterocycles. The van der Waals surface area contributed by atoms with Crippen LogP contribution >= 0.6 is 0 Å². The Morgan fingerprint density at radius 2 is 1.62 bits per heavy atom. The van der Waals surface area contributed by atoms with Crippen LogP contribution in [0.15, 0.2) is 34.7 Å². The Morgan fingerprint density at radius 3 is 1.92 bits per heavy atom. The third kappa shape index (κ3) is 3.17. The van der Waals surface area contributed by atoms with Crippen molar-refractivity contribution in [3.8, 4) is 0 Å². The van der Waals surface area contributed by atoms with E-state index in [9.17, 15) is 4.39 Å². The molecule has 0 amide bonds. The number of allylic oxidation sites excluding steroid dienone is 6. The zero-order valence-electron chi connectivity index (χ0n) is 9.24. The minimum Gasteiger partial charge on any atom is -0.207 e.